The first kappa shape index (κ1) is 30.9. The maximum Gasteiger partial charge on any atom is 0.264 e. The van der Waals surface area contributed by atoms with Gasteiger partial charge in [-0.15, -0.1) is 0 Å². The van der Waals surface area contributed by atoms with Crippen LogP contribution in [0.4, 0.5) is 5.69 Å². The highest BCUT2D eigenvalue weighted by molar-refractivity contribution is 7.92. The summed E-state index contributed by atoms with van der Waals surface area (Å²) in [7, 11) is -4.08. The van der Waals surface area contributed by atoms with Crippen LogP contribution in [0.5, 0.6) is 0 Å². The van der Waals surface area contributed by atoms with Crippen LogP contribution in [0.25, 0.3) is 0 Å². The number of hydrogen-bond donors (Lipinski definition) is 1. The first-order valence-electron chi connectivity index (χ1n) is 13.9. The third-order valence-electron chi connectivity index (χ3n) is 7.11. The molecule has 0 fully saturated rings. The lowest BCUT2D eigenvalue weighted by atomic mass is 10.1. The highest BCUT2D eigenvalue weighted by atomic mass is 32.2. The minimum absolute atomic E-state index is 0.0440. The molecule has 1 N–H and O–H groups in total. The zero-order valence-corrected chi connectivity index (χ0v) is 24.9. The number of anilines is 1. The summed E-state index contributed by atoms with van der Waals surface area (Å²) in [5.74, 6) is -0.662. The second-order valence-corrected chi connectivity index (χ2v) is 12.0. The smallest absolute Gasteiger partial charge is 0.264 e. The molecule has 0 aromatic heterocycles. The van der Waals surface area contributed by atoms with Crippen molar-refractivity contribution in [1.29, 1.82) is 0 Å². The molecule has 0 radical (unpaired) electrons. The predicted molar refractivity (Wildman–Crippen MR) is 161 cm³/mol. The highest BCUT2D eigenvalue weighted by Crippen LogP contribution is 2.28. The van der Waals surface area contributed by atoms with Gasteiger partial charge in [-0.1, -0.05) is 74.5 Å². The van der Waals surface area contributed by atoms with Crippen LogP contribution in [-0.2, 0) is 26.0 Å². The molecule has 0 saturated heterocycles. The van der Waals surface area contributed by atoms with E-state index in [2.05, 4.69) is 5.32 Å². The Kier molecular flexibility index (Phi) is 10.9. The van der Waals surface area contributed by atoms with Gasteiger partial charge in [0.2, 0.25) is 11.8 Å². The molecule has 3 aromatic rings. The number of sulfonamides is 1. The number of carbonyl (C=O) groups is 2. The SMILES string of the molecule is CC[C@H](C(=O)N[C@@H](C)CC)N(CCc1ccccc1)C(=O)CN(c1cc(C)ccc1C)S(=O)(=O)c1ccccc1. The standard InChI is InChI=1S/C32H41N3O4S/c1-6-26(5)33-32(37)29(7-2)34(21-20-27-14-10-8-11-15-27)31(36)23-35(30-22-24(3)18-19-25(30)4)40(38,39)28-16-12-9-13-17-28/h8-19,22,26,29H,6-7,20-21,23H2,1-5H3,(H,33,37)/t26-,29+/m0/s1. The van der Waals surface area contributed by atoms with Gasteiger partial charge in [-0.05, 0) is 74.9 Å². The van der Waals surface area contributed by atoms with Crippen LogP contribution in [0.3, 0.4) is 0 Å². The zero-order chi connectivity index (χ0) is 29.3. The van der Waals surface area contributed by atoms with Gasteiger partial charge in [0.05, 0.1) is 10.6 Å². The third-order valence-corrected chi connectivity index (χ3v) is 8.89. The predicted octanol–water partition coefficient (Wildman–Crippen LogP) is 5.26. The molecule has 214 valence electrons. The Balaban J connectivity index is 2.04. The molecule has 3 aromatic carbocycles. The largest absolute Gasteiger partial charge is 0.352 e. The minimum Gasteiger partial charge on any atom is -0.352 e. The summed E-state index contributed by atoms with van der Waals surface area (Å²) in [6, 6.07) is 22.6. The normalized spacial score (nSPS) is 12.8. The molecule has 0 heterocycles. The zero-order valence-electron chi connectivity index (χ0n) is 24.1. The molecule has 0 saturated carbocycles. The Labute approximate surface area is 239 Å². The van der Waals surface area contributed by atoms with Crippen LogP contribution in [-0.4, -0.2) is 50.3 Å². The van der Waals surface area contributed by atoms with Gasteiger partial charge in [-0.3, -0.25) is 13.9 Å². The Bertz CT molecular complexity index is 1380. The summed E-state index contributed by atoms with van der Waals surface area (Å²) >= 11 is 0. The summed E-state index contributed by atoms with van der Waals surface area (Å²) in [6.45, 7) is 9.35. The van der Waals surface area contributed by atoms with Crippen molar-refractivity contribution in [2.75, 3.05) is 17.4 Å². The van der Waals surface area contributed by atoms with Crippen molar-refractivity contribution in [3.63, 3.8) is 0 Å². The van der Waals surface area contributed by atoms with Gasteiger partial charge in [0.25, 0.3) is 10.0 Å². The topological polar surface area (TPSA) is 86.8 Å². The molecule has 7 nitrogen and oxygen atoms in total. The summed E-state index contributed by atoms with van der Waals surface area (Å²) in [6.07, 6.45) is 1.70. The van der Waals surface area contributed by atoms with Gasteiger partial charge in [0.1, 0.15) is 12.6 Å². The fourth-order valence-corrected chi connectivity index (χ4v) is 6.05. The maximum absolute atomic E-state index is 14.1. The van der Waals surface area contributed by atoms with Crippen LogP contribution < -0.4 is 9.62 Å². The molecule has 8 heteroatoms. The summed E-state index contributed by atoms with van der Waals surface area (Å²) in [5, 5.41) is 3.01. The fraction of sp³-hybridized carbons (Fsp3) is 0.375. The maximum atomic E-state index is 14.1. The first-order chi connectivity index (χ1) is 19.1. The molecule has 0 aliphatic heterocycles. The lowest BCUT2D eigenvalue weighted by Crippen LogP contribution is -2.54. The Morgan fingerprint density at radius 1 is 0.875 bits per heavy atom. The van der Waals surface area contributed by atoms with Gasteiger partial charge in [-0.2, -0.15) is 0 Å². The van der Waals surface area contributed by atoms with Crippen molar-refractivity contribution in [2.24, 2.45) is 0 Å². The van der Waals surface area contributed by atoms with Crippen LogP contribution in [0.2, 0.25) is 0 Å². The molecule has 40 heavy (non-hydrogen) atoms. The molecule has 2 atom stereocenters. The van der Waals surface area contributed by atoms with E-state index in [-0.39, 0.29) is 23.4 Å². The van der Waals surface area contributed by atoms with Crippen LogP contribution in [0.15, 0.2) is 83.8 Å². The molecule has 0 aliphatic carbocycles. The van der Waals surface area contributed by atoms with E-state index in [1.165, 1.54) is 16.4 Å². The third kappa shape index (κ3) is 7.72. The van der Waals surface area contributed by atoms with E-state index < -0.39 is 28.5 Å². The molecule has 2 amide bonds. The van der Waals surface area contributed by atoms with Crippen molar-refractivity contribution in [3.05, 3.63) is 95.6 Å². The summed E-state index contributed by atoms with van der Waals surface area (Å²) < 4.78 is 29.1. The number of amides is 2. The van der Waals surface area contributed by atoms with Gasteiger partial charge < -0.3 is 10.2 Å². The number of nitrogens with zero attached hydrogens (tertiary/aromatic N) is 2. The van der Waals surface area contributed by atoms with Crippen molar-refractivity contribution in [3.8, 4) is 0 Å². The molecule has 0 bridgehead atoms. The van der Waals surface area contributed by atoms with Gasteiger partial charge in [0, 0.05) is 12.6 Å². The van der Waals surface area contributed by atoms with E-state index in [1.54, 1.807) is 29.2 Å². The molecule has 0 unspecified atom stereocenters. The molecule has 3 rings (SSSR count). The lowest BCUT2D eigenvalue weighted by molar-refractivity contribution is -0.139. The van der Waals surface area contributed by atoms with E-state index in [0.717, 1.165) is 23.1 Å². The fourth-order valence-electron chi connectivity index (χ4n) is 4.56. The molecular weight excluding hydrogens is 522 g/mol. The molecule has 0 aliphatic rings. The highest BCUT2D eigenvalue weighted by Gasteiger charge is 2.34. The van der Waals surface area contributed by atoms with Crippen molar-refractivity contribution < 1.29 is 18.0 Å². The average molecular weight is 564 g/mol. The monoisotopic (exact) mass is 563 g/mol. The summed E-state index contributed by atoms with van der Waals surface area (Å²) in [4.78, 5) is 29.1. The van der Waals surface area contributed by atoms with Gasteiger partial charge in [0.15, 0.2) is 0 Å². The van der Waals surface area contributed by atoms with Crippen molar-refractivity contribution in [1.82, 2.24) is 10.2 Å². The van der Waals surface area contributed by atoms with Crippen molar-refractivity contribution in [2.45, 2.75) is 70.9 Å². The quantitative estimate of drug-likeness (QED) is 0.307. The number of rotatable bonds is 13. The van der Waals surface area contributed by atoms with E-state index in [9.17, 15) is 18.0 Å². The van der Waals surface area contributed by atoms with Gasteiger partial charge >= 0.3 is 0 Å². The average Bonchev–Trinajstić information content (AvgIpc) is 2.95. The van der Waals surface area contributed by atoms with E-state index >= 15 is 0 Å². The van der Waals surface area contributed by atoms with E-state index in [1.807, 2.05) is 77.1 Å². The van der Waals surface area contributed by atoms with E-state index in [0.29, 0.717) is 18.5 Å². The Morgan fingerprint density at radius 3 is 2.10 bits per heavy atom. The number of benzene rings is 3. The van der Waals surface area contributed by atoms with Gasteiger partial charge in [-0.25, -0.2) is 8.42 Å². The number of hydrogen-bond acceptors (Lipinski definition) is 4. The van der Waals surface area contributed by atoms with Crippen LogP contribution in [0, 0.1) is 13.8 Å². The number of carbonyl (C=O) groups excluding carboxylic acids is 2. The van der Waals surface area contributed by atoms with Crippen LogP contribution >= 0.6 is 0 Å². The first-order valence-corrected chi connectivity index (χ1v) is 15.3. The number of nitrogens with one attached hydrogen (secondary N) is 1. The minimum atomic E-state index is -4.08. The second kappa shape index (κ2) is 14.1. The summed E-state index contributed by atoms with van der Waals surface area (Å²) in [5.41, 5.74) is 3.08. The molecule has 0 spiro atoms. The second-order valence-electron chi connectivity index (χ2n) is 10.2. The Morgan fingerprint density at radius 2 is 1.50 bits per heavy atom. The number of aryl methyl sites for hydroxylation is 2. The Hall–Kier alpha value is -3.65. The molecular formula is C32H41N3O4S. The lowest BCUT2D eigenvalue weighted by Gasteiger charge is -2.34. The van der Waals surface area contributed by atoms with Crippen molar-refractivity contribution >= 4 is 27.5 Å². The van der Waals surface area contributed by atoms with Crippen LogP contribution in [0.1, 0.15) is 50.3 Å². The van der Waals surface area contributed by atoms with E-state index in [4.69, 9.17) is 0 Å².